The van der Waals surface area contributed by atoms with E-state index in [9.17, 15) is 14.5 Å². The predicted octanol–water partition coefficient (Wildman–Crippen LogP) is 4.00. The molecule has 0 radical (unpaired) electrons. The standard InChI is InChI=1S/C14H7ClFN3O2/c15-13-12-10(5-2-6-11(12)19(20)21)17-14(18-13)8-3-1-4-9(16)7-8/h1-7H. The zero-order chi connectivity index (χ0) is 15.0. The summed E-state index contributed by atoms with van der Waals surface area (Å²) in [6, 6.07) is 10.2. The van der Waals surface area contributed by atoms with Gasteiger partial charge in [-0.25, -0.2) is 14.4 Å². The van der Waals surface area contributed by atoms with Gasteiger partial charge in [0.1, 0.15) is 16.4 Å². The first kappa shape index (κ1) is 13.4. The van der Waals surface area contributed by atoms with Gasteiger partial charge in [0.25, 0.3) is 5.69 Å². The van der Waals surface area contributed by atoms with E-state index in [4.69, 9.17) is 11.6 Å². The predicted molar refractivity (Wildman–Crippen MR) is 76.6 cm³/mol. The molecule has 0 amide bonds. The Morgan fingerprint density at radius 2 is 1.90 bits per heavy atom. The minimum Gasteiger partial charge on any atom is -0.258 e. The molecule has 1 heterocycles. The minimum atomic E-state index is -0.542. The van der Waals surface area contributed by atoms with Crippen LogP contribution in [-0.2, 0) is 0 Å². The highest BCUT2D eigenvalue weighted by Crippen LogP contribution is 2.31. The monoisotopic (exact) mass is 303 g/mol. The van der Waals surface area contributed by atoms with E-state index in [2.05, 4.69) is 9.97 Å². The van der Waals surface area contributed by atoms with Crippen LogP contribution < -0.4 is 0 Å². The van der Waals surface area contributed by atoms with Crippen LogP contribution in [-0.4, -0.2) is 14.9 Å². The highest BCUT2D eigenvalue weighted by molar-refractivity contribution is 6.35. The van der Waals surface area contributed by atoms with Gasteiger partial charge in [0.15, 0.2) is 5.82 Å². The molecule has 0 atom stereocenters. The van der Waals surface area contributed by atoms with E-state index in [-0.39, 0.29) is 22.1 Å². The molecule has 3 rings (SSSR count). The van der Waals surface area contributed by atoms with Crippen molar-refractivity contribution in [3.8, 4) is 11.4 Å². The van der Waals surface area contributed by atoms with Gasteiger partial charge in [-0.15, -0.1) is 0 Å². The van der Waals surface area contributed by atoms with Crippen LogP contribution in [0.3, 0.4) is 0 Å². The number of hydrogen-bond acceptors (Lipinski definition) is 4. The molecule has 0 aliphatic carbocycles. The second-order valence-corrected chi connectivity index (χ2v) is 4.63. The van der Waals surface area contributed by atoms with Crippen LogP contribution in [0.5, 0.6) is 0 Å². The van der Waals surface area contributed by atoms with Crippen LogP contribution >= 0.6 is 11.6 Å². The van der Waals surface area contributed by atoms with E-state index >= 15 is 0 Å². The molecule has 7 heteroatoms. The third-order valence-electron chi connectivity index (χ3n) is 2.94. The van der Waals surface area contributed by atoms with Gasteiger partial charge in [-0.05, 0) is 18.2 Å². The Balaban J connectivity index is 2.28. The van der Waals surface area contributed by atoms with Crippen molar-refractivity contribution in [2.75, 3.05) is 0 Å². The average molecular weight is 304 g/mol. The lowest BCUT2D eigenvalue weighted by Gasteiger charge is -2.05. The fourth-order valence-electron chi connectivity index (χ4n) is 2.03. The molecule has 0 saturated carbocycles. The number of nitro groups is 1. The van der Waals surface area contributed by atoms with Gasteiger partial charge >= 0.3 is 0 Å². The number of fused-ring (bicyclic) bond motifs is 1. The van der Waals surface area contributed by atoms with Crippen molar-refractivity contribution in [1.29, 1.82) is 0 Å². The lowest BCUT2D eigenvalue weighted by molar-refractivity contribution is -0.383. The Hall–Kier alpha value is -2.60. The van der Waals surface area contributed by atoms with Gasteiger partial charge in [-0.3, -0.25) is 10.1 Å². The minimum absolute atomic E-state index is 0.0356. The third-order valence-corrected chi connectivity index (χ3v) is 3.21. The van der Waals surface area contributed by atoms with Crippen molar-refractivity contribution < 1.29 is 9.31 Å². The number of halogens is 2. The van der Waals surface area contributed by atoms with Crippen LogP contribution in [0.2, 0.25) is 5.15 Å². The Morgan fingerprint density at radius 3 is 2.62 bits per heavy atom. The van der Waals surface area contributed by atoms with Crippen LogP contribution in [0.15, 0.2) is 42.5 Å². The third kappa shape index (κ3) is 2.41. The fraction of sp³-hybridized carbons (Fsp3) is 0. The first-order valence-corrected chi connectivity index (χ1v) is 6.30. The maximum absolute atomic E-state index is 13.3. The van der Waals surface area contributed by atoms with E-state index in [0.29, 0.717) is 11.1 Å². The lowest BCUT2D eigenvalue weighted by atomic mass is 10.1. The summed E-state index contributed by atoms with van der Waals surface area (Å²) in [5.41, 5.74) is 0.622. The van der Waals surface area contributed by atoms with Crippen molar-refractivity contribution in [2.45, 2.75) is 0 Å². The number of nitrogens with zero attached hydrogens (tertiary/aromatic N) is 3. The SMILES string of the molecule is O=[N+]([O-])c1cccc2nc(-c3cccc(F)c3)nc(Cl)c12. The van der Waals surface area contributed by atoms with Gasteiger partial charge < -0.3 is 0 Å². The summed E-state index contributed by atoms with van der Waals surface area (Å²) in [6.45, 7) is 0. The highest BCUT2D eigenvalue weighted by atomic mass is 35.5. The van der Waals surface area contributed by atoms with Gasteiger partial charge in [0, 0.05) is 11.6 Å². The van der Waals surface area contributed by atoms with E-state index < -0.39 is 10.7 Å². The normalized spacial score (nSPS) is 10.8. The Morgan fingerprint density at radius 1 is 1.14 bits per heavy atom. The van der Waals surface area contributed by atoms with Crippen LogP contribution in [0, 0.1) is 15.9 Å². The number of non-ortho nitro benzene ring substituents is 1. The summed E-state index contributed by atoms with van der Waals surface area (Å²) < 4.78 is 13.3. The molecular weight excluding hydrogens is 297 g/mol. The van der Waals surface area contributed by atoms with Crippen LogP contribution in [0.4, 0.5) is 10.1 Å². The maximum Gasteiger partial charge on any atom is 0.281 e. The molecule has 5 nitrogen and oxygen atoms in total. The van der Waals surface area contributed by atoms with Crippen molar-refractivity contribution in [3.63, 3.8) is 0 Å². The molecule has 0 bridgehead atoms. The molecule has 0 aliphatic rings. The smallest absolute Gasteiger partial charge is 0.258 e. The molecule has 1 aromatic heterocycles. The quantitative estimate of drug-likeness (QED) is 0.407. The number of benzene rings is 2. The van der Waals surface area contributed by atoms with Gasteiger partial charge in [0.2, 0.25) is 0 Å². The van der Waals surface area contributed by atoms with Crippen LogP contribution in [0.1, 0.15) is 0 Å². The molecule has 2 aromatic carbocycles. The molecule has 0 fully saturated rings. The van der Waals surface area contributed by atoms with Gasteiger partial charge in [-0.1, -0.05) is 29.8 Å². The van der Waals surface area contributed by atoms with E-state index in [1.54, 1.807) is 12.1 Å². The molecule has 0 saturated heterocycles. The number of nitro benzene ring substituents is 1. The van der Waals surface area contributed by atoms with Gasteiger partial charge in [0.05, 0.1) is 10.4 Å². The summed E-state index contributed by atoms with van der Waals surface area (Å²) in [5.74, 6) is -0.209. The summed E-state index contributed by atoms with van der Waals surface area (Å²) in [4.78, 5) is 18.7. The van der Waals surface area contributed by atoms with Crippen LogP contribution in [0.25, 0.3) is 22.3 Å². The lowest BCUT2D eigenvalue weighted by Crippen LogP contribution is -1.96. The summed E-state index contributed by atoms with van der Waals surface area (Å²) in [5, 5.41) is 11.1. The second-order valence-electron chi connectivity index (χ2n) is 4.28. The largest absolute Gasteiger partial charge is 0.281 e. The van der Waals surface area contributed by atoms with Crippen molar-refractivity contribution in [3.05, 3.63) is 63.5 Å². The zero-order valence-corrected chi connectivity index (χ0v) is 11.2. The molecule has 3 aromatic rings. The number of hydrogen-bond donors (Lipinski definition) is 0. The topological polar surface area (TPSA) is 68.9 Å². The molecule has 0 spiro atoms. The maximum atomic E-state index is 13.3. The Labute approximate surface area is 123 Å². The van der Waals surface area contributed by atoms with Crippen molar-refractivity contribution >= 4 is 28.2 Å². The van der Waals surface area contributed by atoms with E-state index in [1.165, 1.54) is 30.3 Å². The Kier molecular flexibility index (Phi) is 3.23. The summed E-state index contributed by atoms with van der Waals surface area (Å²) in [6.07, 6.45) is 0. The highest BCUT2D eigenvalue weighted by Gasteiger charge is 2.18. The molecule has 21 heavy (non-hydrogen) atoms. The Bertz CT molecular complexity index is 870. The zero-order valence-electron chi connectivity index (χ0n) is 10.5. The van der Waals surface area contributed by atoms with E-state index in [0.717, 1.165) is 0 Å². The van der Waals surface area contributed by atoms with Crippen molar-refractivity contribution in [1.82, 2.24) is 9.97 Å². The second kappa shape index (κ2) is 5.06. The summed E-state index contributed by atoms with van der Waals surface area (Å²) >= 11 is 6.05. The fourth-order valence-corrected chi connectivity index (χ4v) is 2.30. The first-order valence-electron chi connectivity index (χ1n) is 5.93. The molecule has 0 unspecified atom stereocenters. The first-order chi connectivity index (χ1) is 10.1. The van der Waals surface area contributed by atoms with Crippen molar-refractivity contribution in [2.24, 2.45) is 0 Å². The average Bonchev–Trinajstić information content (AvgIpc) is 2.46. The van der Waals surface area contributed by atoms with Gasteiger partial charge in [-0.2, -0.15) is 0 Å². The number of aromatic nitrogens is 2. The van der Waals surface area contributed by atoms with E-state index in [1.807, 2.05) is 0 Å². The summed E-state index contributed by atoms with van der Waals surface area (Å²) in [7, 11) is 0. The molecule has 104 valence electrons. The molecular formula is C14H7ClFN3O2. The molecule has 0 aliphatic heterocycles. The molecule has 0 N–H and O–H groups in total. The number of rotatable bonds is 2.